The number of nitrogens with one attached hydrogen (secondary N) is 2. The Kier molecular flexibility index (Phi) is 3.01. The zero-order valence-electron chi connectivity index (χ0n) is 9.96. The minimum absolute atomic E-state index is 0.0325. The largest absolute Gasteiger partial charge is 0.466 e. The topological polar surface area (TPSA) is 54.3 Å². The van der Waals surface area contributed by atoms with Crippen molar-refractivity contribution in [1.29, 1.82) is 0 Å². The number of hydrogen-bond donors (Lipinski definition) is 2. The molecule has 1 aliphatic rings. The van der Waals surface area contributed by atoms with E-state index in [1.54, 1.807) is 6.07 Å². The Bertz CT molecular complexity index is 398. The number of rotatable bonds is 2. The number of furan rings is 1. The maximum absolute atomic E-state index is 12.0. The van der Waals surface area contributed by atoms with Gasteiger partial charge in [0, 0.05) is 12.6 Å². The third-order valence-corrected chi connectivity index (χ3v) is 3.12. The standard InChI is InChI=1S/C12H18N2O2/c1-7-5-13-6-11(7)14-12(15)10-4-8(2)16-9(10)3/h4,7,11,13H,5-6H2,1-3H3,(H,14,15). The molecule has 1 amide bonds. The minimum Gasteiger partial charge on any atom is -0.466 e. The summed E-state index contributed by atoms with van der Waals surface area (Å²) in [4.78, 5) is 12.0. The number of aryl methyl sites for hydroxylation is 2. The molecule has 0 spiro atoms. The summed E-state index contributed by atoms with van der Waals surface area (Å²) in [5, 5.41) is 6.30. The zero-order valence-corrected chi connectivity index (χ0v) is 9.96. The average molecular weight is 222 g/mol. The molecular formula is C12H18N2O2. The SMILES string of the molecule is Cc1cc(C(=O)NC2CNCC2C)c(C)o1. The summed E-state index contributed by atoms with van der Waals surface area (Å²) < 4.78 is 5.35. The van der Waals surface area contributed by atoms with E-state index in [-0.39, 0.29) is 11.9 Å². The smallest absolute Gasteiger partial charge is 0.255 e. The van der Waals surface area contributed by atoms with Crippen molar-refractivity contribution in [2.45, 2.75) is 26.8 Å². The molecule has 4 nitrogen and oxygen atoms in total. The van der Waals surface area contributed by atoms with Gasteiger partial charge in [-0.2, -0.15) is 0 Å². The van der Waals surface area contributed by atoms with E-state index in [0.717, 1.165) is 18.8 Å². The van der Waals surface area contributed by atoms with Gasteiger partial charge in [0.05, 0.1) is 5.56 Å². The molecule has 88 valence electrons. The van der Waals surface area contributed by atoms with Gasteiger partial charge in [0.15, 0.2) is 0 Å². The average Bonchev–Trinajstić information content (AvgIpc) is 2.74. The predicted molar refractivity (Wildman–Crippen MR) is 61.5 cm³/mol. The summed E-state index contributed by atoms with van der Waals surface area (Å²) in [5.41, 5.74) is 0.650. The second-order valence-corrected chi connectivity index (χ2v) is 4.54. The highest BCUT2D eigenvalue weighted by molar-refractivity contribution is 5.95. The fourth-order valence-corrected chi connectivity index (χ4v) is 2.11. The van der Waals surface area contributed by atoms with Crippen molar-refractivity contribution < 1.29 is 9.21 Å². The van der Waals surface area contributed by atoms with Gasteiger partial charge in [0.2, 0.25) is 0 Å². The highest BCUT2D eigenvalue weighted by atomic mass is 16.3. The first-order valence-electron chi connectivity index (χ1n) is 5.66. The molecule has 16 heavy (non-hydrogen) atoms. The van der Waals surface area contributed by atoms with Gasteiger partial charge < -0.3 is 15.1 Å². The van der Waals surface area contributed by atoms with Crippen LogP contribution < -0.4 is 10.6 Å². The molecule has 2 N–H and O–H groups in total. The summed E-state index contributed by atoms with van der Waals surface area (Å²) in [6, 6.07) is 2.01. The molecule has 2 heterocycles. The molecule has 1 aromatic heterocycles. The van der Waals surface area contributed by atoms with Crippen LogP contribution in [0.3, 0.4) is 0 Å². The van der Waals surface area contributed by atoms with Gasteiger partial charge in [-0.1, -0.05) is 6.92 Å². The maximum atomic E-state index is 12.0. The van der Waals surface area contributed by atoms with Crippen LogP contribution in [0.1, 0.15) is 28.8 Å². The van der Waals surface area contributed by atoms with Gasteiger partial charge in [-0.3, -0.25) is 4.79 Å². The van der Waals surface area contributed by atoms with Gasteiger partial charge in [-0.25, -0.2) is 0 Å². The quantitative estimate of drug-likeness (QED) is 0.791. The number of carbonyl (C=O) groups excluding carboxylic acids is 1. The van der Waals surface area contributed by atoms with E-state index < -0.39 is 0 Å². The van der Waals surface area contributed by atoms with E-state index in [1.165, 1.54) is 0 Å². The predicted octanol–water partition coefficient (Wildman–Crippen LogP) is 1.23. The van der Waals surface area contributed by atoms with E-state index in [0.29, 0.717) is 17.2 Å². The Balaban J connectivity index is 2.05. The summed E-state index contributed by atoms with van der Waals surface area (Å²) in [6.07, 6.45) is 0. The molecule has 4 heteroatoms. The molecule has 2 unspecified atom stereocenters. The first-order valence-corrected chi connectivity index (χ1v) is 5.66. The van der Waals surface area contributed by atoms with Crippen LogP contribution in [-0.2, 0) is 0 Å². The van der Waals surface area contributed by atoms with E-state index >= 15 is 0 Å². The van der Waals surface area contributed by atoms with Crippen molar-refractivity contribution in [3.8, 4) is 0 Å². The normalized spacial score (nSPS) is 24.7. The number of carbonyl (C=O) groups is 1. The van der Waals surface area contributed by atoms with Gasteiger partial charge in [0.1, 0.15) is 11.5 Å². The van der Waals surface area contributed by atoms with E-state index in [1.807, 2.05) is 13.8 Å². The van der Waals surface area contributed by atoms with Gasteiger partial charge >= 0.3 is 0 Å². The lowest BCUT2D eigenvalue weighted by atomic mass is 10.1. The Labute approximate surface area is 95.4 Å². The fraction of sp³-hybridized carbons (Fsp3) is 0.583. The van der Waals surface area contributed by atoms with Crippen LogP contribution in [-0.4, -0.2) is 25.0 Å². The summed E-state index contributed by atoms with van der Waals surface area (Å²) in [7, 11) is 0. The summed E-state index contributed by atoms with van der Waals surface area (Å²) in [5.74, 6) is 1.92. The van der Waals surface area contributed by atoms with Crippen molar-refractivity contribution in [1.82, 2.24) is 10.6 Å². The summed E-state index contributed by atoms with van der Waals surface area (Å²) >= 11 is 0. The second kappa shape index (κ2) is 4.29. The minimum atomic E-state index is -0.0325. The number of hydrogen-bond acceptors (Lipinski definition) is 3. The lowest BCUT2D eigenvalue weighted by Gasteiger charge is -2.15. The van der Waals surface area contributed by atoms with Gasteiger partial charge in [-0.15, -0.1) is 0 Å². The molecule has 2 atom stereocenters. The molecule has 1 saturated heterocycles. The maximum Gasteiger partial charge on any atom is 0.255 e. The zero-order chi connectivity index (χ0) is 11.7. The van der Waals surface area contributed by atoms with Gasteiger partial charge in [-0.05, 0) is 32.4 Å². The first kappa shape index (κ1) is 11.2. The number of amides is 1. The van der Waals surface area contributed by atoms with Crippen molar-refractivity contribution in [2.75, 3.05) is 13.1 Å². The second-order valence-electron chi connectivity index (χ2n) is 4.54. The van der Waals surface area contributed by atoms with Crippen LogP contribution >= 0.6 is 0 Å². The fourth-order valence-electron chi connectivity index (χ4n) is 2.11. The van der Waals surface area contributed by atoms with E-state index in [2.05, 4.69) is 17.6 Å². The van der Waals surface area contributed by atoms with Crippen LogP contribution in [0.5, 0.6) is 0 Å². The Morgan fingerprint density at radius 2 is 2.25 bits per heavy atom. The van der Waals surface area contributed by atoms with Crippen molar-refractivity contribution in [2.24, 2.45) is 5.92 Å². The van der Waals surface area contributed by atoms with Crippen molar-refractivity contribution in [3.63, 3.8) is 0 Å². The Morgan fingerprint density at radius 1 is 1.50 bits per heavy atom. The Morgan fingerprint density at radius 3 is 2.75 bits per heavy atom. The highest BCUT2D eigenvalue weighted by Crippen LogP contribution is 2.15. The van der Waals surface area contributed by atoms with Crippen LogP contribution in [0.15, 0.2) is 10.5 Å². The van der Waals surface area contributed by atoms with Gasteiger partial charge in [0.25, 0.3) is 5.91 Å². The molecule has 0 aliphatic carbocycles. The van der Waals surface area contributed by atoms with Crippen molar-refractivity contribution >= 4 is 5.91 Å². The monoisotopic (exact) mass is 222 g/mol. The van der Waals surface area contributed by atoms with Crippen LogP contribution in [0.2, 0.25) is 0 Å². The molecular weight excluding hydrogens is 204 g/mol. The lowest BCUT2D eigenvalue weighted by molar-refractivity contribution is 0.0931. The molecule has 0 bridgehead atoms. The molecule has 2 rings (SSSR count). The van der Waals surface area contributed by atoms with Crippen molar-refractivity contribution in [3.05, 3.63) is 23.2 Å². The lowest BCUT2D eigenvalue weighted by Crippen LogP contribution is -2.39. The molecule has 0 radical (unpaired) electrons. The summed E-state index contributed by atoms with van der Waals surface area (Å²) in [6.45, 7) is 7.62. The third-order valence-electron chi connectivity index (χ3n) is 3.12. The molecule has 1 aliphatic heterocycles. The molecule has 1 aromatic rings. The van der Waals surface area contributed by atoms with E-state index in [4.69, 9.17) is 4.42 Å². The van der Waals surface area contributed by atoms with Crippen LogP contribution in [0.25, 0.3) is 0 Å². The van der Waals surface area contributed by atoms with Crippen LogP contribution in [0.4, 0.5) is 0 Å². The Hall–Kier alpha value is -1.29. The highest BCUT2D eigenvalue weighted by Gasteiger charge is 2.25. The molecule has 0 aromatic carbocycles. The van der Waals surface area contributed by atoms with Crippen LogP contribution in [0, 0.1) is 19.8 Å². The first-order chi connectivity index (χ1) is 7.58. The molecule has 1 fully saturated rings. The van der Waals surface area contributed by atoms with E-state index in [9.17, 15) is 4.79 Å². The molecule has 0 saturated carbocycles. The third kappa shape index (κ3) is 2.11.